The number of aliphatic hydroxyl groups is 1. The number of aromatic nitrogens is 1. The number of carbonyl (C=O) groups is 1. The number of amides is 1. The van der Waals surface area contributed by atoms with Crippen molar-refractivity contribution in [3.05, 3.63) is 33.7 Å². The number of nitrogens with zero attached hydrogens (tertiary/aromatic N) is 1. The summed E-state index contributed by atoms with van der Waals surface area (Å²) in [5.41, 5.74) is -2.52. The Bertz CT molecular complexity index is 583. The Kier molecular flexibility index (Phi) is 4.36. The topological polar surface area (TPSA) is 73.4 Å². The molecule has 8 heteroatoms. The van der Waals surface area contributed by atoms with E-state index in [2.05, 4.69) is 0 Å². The van der Waals surface area contributed by atoms with Gasteiger partial charge in [0, 0.05) is 19.7 Å². The van der Waals surface area contributed by atoms with E-state index in [-0.39, 0.29) is 18.1 Å². The predicted octanol–water partition coefficient (Wildman–Crippen LogP) is 1.24. The molecule has 1 aromatic heterocycles. The van der Waals surface area contributed by atoms with Crippen LogP contribution in [0.1, 0.15) is 28.9 Å². The largest absolute Gasteiger partial charge is 0.431 e. The molecule has 1 unspecified atom stereocenters. The molecule has 1 fully saturated rings. The number of aliphatic hydroxyl groups excluding tert-OH is 1. The van der Waals surface area contributed by atoms with Gasteiger partial charge in [0.2, 0.25) is 0 Å². The molecule has 21 heavy (non-hydrogen) atoms. The average Bonchev–Trinajstić information content (AvgIpc) is 2.86. The summed E-state index contributed by atoms with van der Waals surface area (Å²) in [7, 11) is 0. The fourth-order valence-corrected chi connectivity index (χ4v) is 2.41. The van der Waals surface area contributed by atoms with Gasteiger partial charge >= 0.3 is 6.18 Å². The Labute approximate surface area is 118 Å². The first-order valence-corrected chi connectivity index (χ1v) is 6.53. The summed E-state index contributed by atoms with van der Waals surface area (Å²) in [5, 5.41) is 8.85. The number of hydrogen-bond acceptors (Lipinski definition) is 3. The van der Waals surface area contributed by atoms with E-state index < -0.39 is 23.3 Å². The second kappa shape index (κ2) is 5.88. The van der Waals surface area contributed by atoms with Gasteiger partial charge in [0.25, 0.3) is 11.5 Å². The molecule has 0 saturated carbocycles. The Morgan fingerprint density at radius 3 is 2.71 bits per heavy atom. The van der Waals surface area contributed by atoms with E-state index in [1.165, 1.54) is 4.90 Å². The lowest BCUT2D eigenvalue weighted by molar-refractivity contribution is -0.141. The molecule has 2 N–H and O–H groups in total. The lowest BCUT2D eigenvalue weighted by atomic mass is 10.1. The van der Waals surface area contributed by atoms with Crippen molar-refractivity contribution in [3.63, 3.8) is 0 Å². The molecule has 1 atom stereocenters. The summed E-state index contributed by atoms with van der Waals surface area (Å²) < 4.78 is 37.3. The van der Waals surface area contributed by atoms with Crippen LogP contribution in [-0.4, -0.2) is 40.6 Å². The predicted molar refractivity (Wildman–Crippen MR) is 67.8 cm³/mol. The number of H-pyrrole nitrogens is 1. The average molecular weight is 304 g/mol. The van der Waals surface area contributed by atoms with Gasteiger partial charge in [0.1, 0.15) is 11.3 Å². The number of aromatic amines is 1. The maximum Gasteiger partial charge on any atom is 0.431 e. The molecule has 1 aliphatic heterocycles. The lowest BCUT2D eigenvalue weighted by Crippen LogP contribution is -2.34. The van der Waals surface area contributed by atoms with Gasteiger partial charge in [-0.3, -0.25) is 9.59 Å². The monoisotopic (exact) mass is 304 g/mol. The molecule has 5 nitrogen and oxygen atoms in total. The third-order valence-corrected chi connectivity index (χ3v) is 3.56. The number of rotatable bonds is 3. The summed E-state index contributed by atoms with van der Waals surface area (Å²) in [6.07, 6.45) is -3.38. The maximum atomic E-state index is 12.4. The molecule has 0 radical (unpaired) electrons. The highest BCUT2D eigenvalue weighted by Crippen LogP contribution is 2.27. The molecule has 2 heterocycles. The van der Waals surface area contributed by atoms with Crippen LogP contribution in [0.15, 0.2) is 16.9 Å². The summed E-state index contributed by atoms with van der Waals surface area (Å²) in [6.45, 7) is 0.859. The minimum Gasteiger partial charge on any atom is -0.396 e. The van der Waals surface area contributed by atoms with Gasteiger partial charge in [-0.1, -0.05) is 0 Å². The summed E-state index contributed by atoms with van der Waals surface area (Å²) in [4.78, 5) is 26.9. The van der Waals surface area contributed by atoms with Gasteiger partial charge < -0.3 is 15.0 Å². The molecule has 0 bridgehead atoms. The number of alkyl halides is 3. The first-order chi connectivity index (χ1) is 9.82. The van der Waals surface area contributed by atoms with Crippen LogP contribution in [0.2, 0.25) is 0 Å². The Morgan fingerprint density at radius 2 is 2.14 bits per heavy atom. The third kappa shape index (κ3) is 3.44. The lowest BCUT2D eigenvalue weighted by Gasteiger charge is -2.16. The fourth-order valence-electron chi connectivity index (χ4n) is 2.41. The highest BCUT2D eigenvalue weighted by molar-refractivity contribution is 5.94. The zero-order chi connectivity index (χ0) is 15.6. The van der Waals surface area contributed by atoms with Crippen LogP contribution < -0.4 is 5.56 Å². The Hall–Kier alpha value is -1.83. The zero-order valence-corrected chi connectivity index (χ0v) is 11.1. The molecule has 1 aliphatic rings. The summed E-state index contributed by atoms with van der Waals surface area (Å²) in [5.74, 6) is -0.419. The van der Waals surface area contributed by atoms with Crippen LogP contribution in [0, 0.1) is 5.92 Å². The minimum absolute atomic E-state index is 0.0214. The van der Waals surface area contributed by atoms with E-state index in [9.17, 15) is 22.8 Å². The van der Waals surface area contributed by atoms with Crippen molar-refractivity contribution in [2.75, 3.05) is 19.7 Å². The van der Waals surface area contributed by atoms with Crippen molar-refractivity contribution in [3.8, 4) is 0 Å². The van der Waals surface area contributed by atoms with Crippen molar-refractivity contribution in [1.82, 2.24) is 9.88 Å². The van der Waals surface area contributed by atoms with E-state index in [4.69, 9.17) is 5.11 Å². The van der Waals surface area contributed by atoms with E-state index >= 15 is 0 Å². The van der Waals surface area contributed by atoms with Crippen LogP contribution in [0.4, 0.5) is 13.2 Å². The highest BCUT2D eigenvalue weighted by atomic mass is 19.4. The van der Waals surface area contributed by atoms with Crippen LogP contribution in [0.5, 0.6) is 0 Å². The van der Waals surface area contributed by atoms with Crippen molar-refractivity contribution in [1.29, 1.82) is 0 Å². The molecule has 1 saturated heterocycles. The van der Waals surface area contributed by atoms with Crippen LogP contribution in [-0.2, 0) is 6.18 Å². The second-order valence-corrected chi connectivity index (χ2v) is 5.03. The molecule has 1 aromatic rings. The van der Waals surface area contributed by atoms with Crippen LogP contribution in [0.25, 0.3) is 0 Å². The fraction of sp³-hybridized carbons (Fsp3) is 0.538. The summed E-state index contributed by atoms with van der Waals surface area (Å²) >= 11 is 0. The van der Waals surface area contributed by atoms with Crippen LogP contribution >= 0.6 is 0 Å². The molecule has 0 spiro atoms. The van der Waals surface area contributed by atoms with Crippen molar-refractivity contribution in [2.45, 2.75) is 19.0 Å². The molecule has 0 aliphatic carbocycles. The number of pyridine rings is 1. The SMILES string of the molecule is O=C(c1ccc(C(F)(F)F)[nH]c1=O)N1CCC(CCO)C1. The van der Waals surface area contributed by atoms with Gasteiger partial charge in [-0.15, -0.1) is 0 Å². The van der Waals surface area contributed by atoms with Gasteiger partial charge in [-0.25, -0.2) is 0 Å². The zero-order valence-electron chi connectivity index (χ0n) is 11.1. The molecular formula is C13H15F3N2O3. The molecular weight excluding hydrogens is 289 g/mol. The molecule has 116 valence electrons. The van der Waals surface area contributed by atoms with Gasteiger partial charge in [-0.2, -0.15) is 13.2 Å². The second-order valence-electron chi connectivity index (χ2n) is 5.03. The van der Waals surface area contributed by atoms with E-state index in [0.717, 1.165) is 6.07 Å². The van der Waals surface area contributed by atoms with Gasteiger partial charge in [-0.05, 0) is 30.9 Å². The smallest absolute Gasteiger partial charge is 0.396 e. The first-order valence-electron chi connectivity index (χ1n) is 6.53. The number of carbonyl (C=O) groups excluding carboxylic acids is 1. The van der Waals surface area contributed by atoms with Crippen LogP contribution in [0.3, 0.4) is 0 Å². The van der Waals surface area contributed by atoms with E-state index in [1.54, 1.807) is 4.98 Å². The Morgan fingerprint density at radius 1 is 1.43 bits per heavy atom. The number of halogens is 3. The Balaban J connectivity index is 2.16. The number of likely N-dealkylation sites (tertiary alicyclic amines) is 1. The minimum atomic E-state index is -4.65. The van der Waals surface area contributed by atoms with Crippen molar-refractivity contribution in [2.24, 2.45) is 5.92 Å². The van der Waals surface area contributed by atoms with Gasteiger partial charge in [0.05, 0.1) is 0 Å². The molecule has 1 amide bonds. The normalized spacial score (nSPS) is 19.0. The van der Waals surface area contributed by atoms with Crippen molar-refractivity contribution < 1.29 is 23.1 Å². The maximum absolute atomic E-state index is 12.4. The molecule has 0 aromatic carbocycles. The standard InChI is InChI=1S/C13H15F3N2O3/c14-13(15,16)10-2-1-9(11(20)17-10)12(21)18-5-3-8(7-18)4-6-19/h1-2,8,19H,3-7H2,(H,17,20). The third-order valence-electron chi connectivity index (χ3n) is 3.56. The quantitative estimate of drug-likeness (QED) is 0.882. The van der Waals surface area contributed by atoms with Gasteiger partial charge in [0.15, 0.2) is 0 Å². The highest BCUT2D eigenvalue weighted by Gasteiger charge is 2.33. The van der Waals surface area contributed by atoms with E-state index in [0.29, 0.717) is 32.0 Å². The first kappa shape index (κ1) is 15.6. The number of hydrogen-bond donors (Lipinski definition) is 2. The molecule has 2 rings (SSSR count). The van der Waals surface area contributed by atoms with Crippen molar-refractivity contribution >= 4 is 5.91 Å². The van der Waals surface area contributed by atoms with E-state index in [1.807, 2.05) is 0 Å². The summed E-state index contributed by atoms with van der Waals surface area (Å²) in [6, 6.07) is 1.60. The number of nitrogens with one attached hydrogen (secondary N) is 1.